The number of aryl methyl sites for hydroxylation is 1. The Kier molecular flexibility index (Phi) is 5.54. The molecule has 2 heterocycles. The molecule has 1 aromatic heterocycles. The average Bonchev–Trinajstić information content (AvgIpc) is 3.00. The largest absolute Gasteiger partial charge is 0.378 e. The van der Waals surface area contributed by atoms with Gasteiger partial charge in [0.25, 0.3) is 11.8 Å². The maximum atomic E-state index is 13.3. The van der Waals surface area contributed by atoms with Crippen molar-refractivity contribution in [3.8, 4) is 0 Å². The van der Waals surface area contributed by atoms with Crippen LogP contribution in [0.1, 0.15) is 16.7 Å². The number of anilines is 2. The molecule has 2 aromatic carbocycles. The van der Waals surface area contributed by atoms with Gasteiger partial charge in [-0.2, -0.15) is 0 Å². The van der Waals surface area contributed by atoms with Crippen molar-refractivity contribution >= 4 is 28.8 Å². The van der Waals surface area contributed by atoms with Gasteiger partial charge in [-0.15, -0.1) is 0 Å². The average molecular weight is 412 g/mol. The van der Waals surface area contributed by atoms with Gasteiger partial charge >= 0.3 is 0 Å². The second-order valence-corrected chi connectivity index (χ2v) is 7.73. The number of nitrogens with one attached hydrogen (secondary N) is 1. The van der Waals surface area contributed by atoms with E-state index < -0.39 is 0 Å². The Morgan fingerprint density at radius 3 is 2.13 bits per heavy atom. The Balaban J connectivity index is 1.71. The molecule has 0 unspecified atom stereocenters. The van der Waals surface area contributed by atoms with E-state index in [1.807, 2.05) is 74.4 Å². The predicted molar refractivity (Wildman–Crippen MR) is 122 cm³/mol. The van der Waals surface area contributed by atoms with Crippen LogP contribution >= 0.6 is 0 Å². The van der Waals surface area contributed by atoms with Crippen LogP contribution in [0, 0.1) is 6.92 Å². The van der Waals surface area contributed by atoms with E-state index >= 15 is 0 Å². The summed E-state index contributed by atoms with van der Waals surface area (Å²) >= 11 is 0. The van der Waals surface area contributed by atoms with Gasteiger partial charge in [-0.25, -0.2) is 0 Å². The smallest absolute Gasteiger partial charge is 0.278 e. The van der Waals surface area contributed by atoms with Gasteiger partial charge in [0.1, 0.15) is 5.70 Å². The van der Waals surface area contributed by atoms with Crippen LogP contribution in [0.15, 0.2) is 78.8 Å². The Morgan fingerprint density at radius 2 is 1.52 bits per heavy atom. The maximum Gasteiger partial charge on any atom is 0.278 e. The molecule has 0 fully saturated rings. The Hall–Kier alpha value is -3.93. The van der Waals surface area contributed by atoms with Crippen molar-refractivity contribution in [1.82, 2.24) is 9.88 Å². The van der Waals surface area contributed by atoms with Gasteiger partial charge in [-0.3, -0.25) is 19.5 Å². The summed E-state index contributed by atoms with van der Waals surface area (Å²) in [7, 11) is 3.94. The fourth-order valence-electron chi connectivity index (χ4n) is 3.48. The van der Waals surface area contributed by atoms with Crippen LogP contribution in [-0.4, -0.2) is 35.8 Å². The first kappa shape index (κ1) is 20.3. The second-order valence-electron chi connectivity index (χ2n) is 7.73. The van der Waals surface area contributed by atoms with E-state index in [4.69, 9.17) is 0 Å². The maximum absolute atomic E-state index is 13.3. The summed E-state index contributed by atoms with van der Waals surface area (Å²) in [6, 6.07) is 19.0. The number of hydrogen-bond acceptors (Lipinski definition) is 5. The summed E-state index contributed by atoms with van der Waals surface area (Å²) in [6.07, 6.45) is 3.31. The highest BCUT2D eigenvalue weighted by Gasteiger charge is 2.39. The highest BCUT2D eigenvalue weighted by atomic mass is 16.2. The number of aromatic nitrogens is 1. The normalized spacial score (nSPS) is 13.7. The number of carbonyl (C=O) groups is 2. The Bertz CT molecular complexity index is 1130. The molecular formula is C25H24N4O2. The first-order valence-electron chi connectivity index (χ1n) is 10.0. The standard InChI is InChI=1S/C25H24N4O2/c1-17-4-6-19(7-5-17)22-23(27-20-8-10-21(11-9-20)28(2)3)25(31)29(24(22)30)16-18-12-14-26-15-13-18/h4-15,27H,16H2,1-3H3. The molecule has 0 aliphatic carbocycles. The molecule has 31 heavy (non-hydrogen) atoms. The number of amides is 2. The van der Waals surface area contributed by atoms with Gasteiger partial charge in [-0.1, -0.05) is 29.8 Å². The van der Waals surface area contributed by atoms with Crippen LogP contribution in [0.25, 0.3) is 5.57 Å². The number of benzene rings is 2. The minimum absolute atomic E-state index is 0.195. The lowest BCUT2D eigenvalue weighted by molar-refractivity contribution is -0.137. The molecule has 2 amide bonds. The summed E-state index contributed by atoms with van der Waals surface area (Å²) in [5.41, 5.74) is 5.12. The molecule has 6 heteroatoms. The summed E-state index contributed by atoms with van der Waals surface area (Å²) in [6.45, 7) is 2.18. The quantitative estimate of drug-likeness (QED) is 0.623. The first-order chi connectivity index (χ1) is 14.9. The third-order valence-electron chi connectivity index (χ3n) is 5.25. The van der Waals surface area contributed by atoms with E-state index in [0.717, 1.165) is 22.5 Å². The molecule has 0 saturated heterocycles. The van der Waals surface area contributed by atoms with E-state index in [1.54, 1.807) is 24.5 Å². The lowest BCUT2D eigenvalue weighted by Crippen LogP contribution is -2.32. The lowest BCUT2D eigenvalue weighted by Gasteiger charge is -2.16. The number of rotatable bonds is 6. The van der Waals surface area contributed by atoms with Crippen molar-refractivity contribution in [2.75, 3.05) is 24.3 Å². The van der Waals surface area contributed by atoms with E-state index in [9.17, 15) is 9.59 Å². The fraction of sp³-hybridized carbons (Fsp3) is 0.160. The van der Waals surface area contributed by atoms with Crippen LogP contribution in [0.3, 0.4) is 0 Å². The van der Waals surface area contributed by atoms with Gasteiger partial charge < -0.3 is 10.2 Å². The van der Waals surface area contributed by atoms with Crippen molar-refractivity contribution in [2.24, 2.45) is 0 Å². The molecule has 0 saturated carbocycles. The van der Waals surface area contributed by atoms with Gasteiger partial charge in [0.2, 0.25) is 0 Å². The molecule has 0 bridgehead atoms. The molecule has 4 rings (SSSR count). The zero-order valence-electron chi connectivity index (χ0n) is 17.8. The molecule has 0 atom stereocenters. The van der Waals surface area contributed by atoms with Crippen LogP contribution in [-0.2, 0) is 16.1 Å². The predicted octanol–water partition coefficient (Wildman–Crippen LogP) is 3.85. The van der Waals surface area contributed by atoms with Crippen molar-refractivity contribution in [3.63, 3.8) is 0 Å². The highest BCUT2D eigenvalue weighted by molar-refractivity contribution is 6.36. The Morgan fingerprint density at radius 1 is 0.871 bits per heavy atom. The van der Waals surface area contributed by atoms with Gasteiger partial charge in [0, 0.05) is 37.9 Å². The minimum atomic E-state index is -0.339. The molecule has 1 aliphatic heterocycles. The van der Waals surface area contributed by atoms with E-state index in [2.05, 4.69) is 10.3 Å². The topological polar surface area (TPSA) is 65.5 Å². The SMILES string of the molecule is Cc1ccc(C2=C(Nc3ccc(N(C)C)cc3)C(=O)N(Cc3ccncc3)C2=O)cc1. The number of nitrogens with zero attached hydrogens (tertiary/aromatic N) is 3. The number of carbonyl (C=O) groups excluding carboxylic acids is 2. The second kappa shape index (κ2) is 8.44. The van der Waals surface area contributed by atoms with E-state index in [0.29, 0.717) is 16.8 Å². The van der Waals surface area contributed by atoms with Crippen molar-refractivity contribution in [3.05, 3.63) is 95.4 Å². The molecular weight excluding hydrogens is 388 g/mol. The number of hydrogen-bond donors (Lipinski definition) is 1. The summed E-state index contributed by atoms with van der Waals surface area (Å²) in [5, 5.41) is 3.20. The monoisotopic (exact) mass is 412 g/mol. The van der Waals surface area contributed by atoms with Crippen molar-refractivity contribution < 1.29 is 9.59 Å². The van der Waals surface area contributed by atoms with Gasteiger partial charge in [-0.05, 0) is 54.4 Å². The number of imide groups is 1. The summed E-state index contributed by atoms with van der Waals surface area (Å²) in [4.78, 5) is 33.9. The molecule has 1 N–H and O–H groups in total. The third kappa shape index (κ3) is 4.19. The first-order valence-corrected chi connectivity index (χ1v) is 10.0. The molecule has 3 aromatic rings. The lowest BCUT2D eigenvalue weighted by atomic mass is 10.0. The number of pyridine rings is 1. The third-order valence-corrected chi connectivity index (χ3v) is 5.25. The minimum Gasteiger partial charge on any atom is -0.378 e. The molecule has 1 aliphatic rings. The van der Waals surface area contributed by atoms with Crippen LogP contribution in [0.4, 0.5) is 11.4 Å². The van der Waals surface area contributed by atoms with Crippen LogP contribution < -0.4 is 10.2 Å². The molecule has 156 valence electrons. The van der Waals surface area contributed by atoms with Crippen LogP contribution in [0.2, 0.25) is 0 Å². The van der Waals surface area contributed by atoms with E-state index in [1.165, 1.54) is 4.90 Å². The molecule has 0 spiro atoms. The van der Waals surface area contributed by atoms with Crippen molar-refractivity contribution in [1.29, 1.82) is 0 Å². The van der Waals surface area contributed by atoms with E-state index in [-0.39, 0.29) is 18.4 Å². The zero-order chi connectivity index (χ0) is 22.0. The highest BCUT2D eigenvalue weighted by Crippen LogP contribution is 2.32. The Labute approximate surface area is 181 Å². The summed E-state index contributed by atoms with van der Waals surface area (Å²) in [5.74, 6) is -0.646. The van der Waals surface area contributed by atoms with Gasteiger partial charge in [0.05, 0.1) is 12.1 Å². The molecule has 6 nitrogen and oxygen atoms in total. The van der Waals surface area contributed by atoms with Gasteiger partial charge in [0.15, 0.2) is 0 Å². The zero-order valence-corrected chi connectivity index (χ0v) is 17.8. The summed E-state index contributed by atoms with van der Waals surface area (Å²) < 4.78 is 0. The van der Waals surface area contributed by atoms with Crippen LogP contribution in [0.5, 0.6) is 0 Å². The molecule has 0 radical (unpaired) electrons. The van der Waals surface area contributed by atoms with Crippen molar-refractivity contribution in [2.45, 2.75) is 13.5 Å². The fourth-order valence-corrected chi connectivity index (χ4v) is 3.48.